The van der Waals surface area contributed by atoms with E-state index < -0.39 is 5.97 Å². The first-order valence-corrected chi connectivity index (χ1v) is 7.36. The van der Waals surface area contributed by atoms with Crippen LogP contribution in [0.15, 0.2) is 6.07 Å². The summed E-state index contributed by atoms with van der Waals surface area (Å²) in [5.41, 5.74) is 0. The Labute approximate surface area is 111 Å². The summed E-state index contributed by atoms with van der Waals surface area (Å²) in [6.45, 7) is 1.81. The zero-order valence-corrected chi connectivity index (χ0v) is 11.0. The molecule has 1 N–H and O–H groups in total. The molecule has 0 amide bonds. The smallest absolute Gasteiger partial charge is 0.345 e. The molecule has 7 heteroatoms. The van der Waals surface area contributed by atoms with Gasteiger partial charge in [-0.15, -0.1) is 11.3 Å². The third-order valence-corrected chi connectivity index (χ3v) is 5.53. The van der Waals surface area contributed by atoms with Crippen molar-refractivity contribution >= 4 is 43.3 Å². The third kappa shape index (κ3) is 1.54. The zero-order valence-electron chi connectivity index (χ0n) is 9.33. The number of morpholine rings is 1. The van der Waals surface area contributed by atoms with Gasteiger partial charge in [-0.2, -0.15) is 0 Å². The van der Waals surface area contributed by atoms with Crippen LogP contribution in [0.5, 0.6) is 0 Å². The normalized spacial score (nSPS) is 26.3. The lowest BCUT2D eigenvalue weighted by molar-refractivity contribution is -0.133. The summed E-state index contributed by atoms with van der Waals surface area (Å²) in [5, 5.41) is 9.91. The summed E-state index contributed by atoms with van der Waals surface area (Å²) in [7, 11) is 0. The number of thiazole rings is 1. The molecule has 3 fully saturated rings. The Kier molecular flexibility index (Phi) is 2.18. The highest BCUT2D eigenvalue weighted by Gasteiger charge is 2.39. The Morgan fingerprint density at radius 3 is 2.78 bits per heavy atom. The maximum Gasteiger partial charge on any atom is 0.345 e. The topological polar surface area (TPSA) is 62.7 Å². The minimum atomic E-state index is -0.876. The van der Waals surface area contributed by atoms with E-state index in [2.05, 4.69) is 9.88 Å². The van der Waals surface area contributed by atoms with Gasteiger partial charge in [-0.1, -0.05) is 11.3 Å². The van der Waals surface area contributed by atoms with E-state index in [0.717, 1.165) is 27.8 Å². The predicted octanol–water partition coefficient (Wildman–Crippen LogP) is 2.03. The van der Waals surface area contributed by atoms with E-state index in [1.807, 2.05) is 0 Å². The fraction of sp³-hybridized carbons (Fsp3) is 0.455. The number of anilines is 1. The number of carboxylic acid groups (broad SMARTS) is 1. The first kappa shape index (κ1) is 10.7. The predicted molar refractivity (Wildman–Crippen MR) is 69.9 cm³/mol. The van der Waals surface area contributed by atoms with Crippen molar-refractivity contribution in [2.75, 3.05) is 18.0 Å². The second kappa shape index (κ2) is 3.66. The number of hydrogen-bond donors (Lipinski definition) is 1. The van der Waals surface area contributed by atoms with Crippen molar-refractivity contribution in [3.63, 3.8) is 0 Å². The number of carbonyl (C=O) groups is 1. The number of nitrogens with zero attached hydrogens (tertiary/aromatic N) is 2. The zero-order chi connectivity index (χ0) is 12.3. The van der Waals surface area contributed by atoms with Crippen LogP contribution >= 0.6 is 22.7 Å². The van der Waals surface area contributed by atoms with Gasteiger partial charge in [0, 0.05) is 19.5 Å². The average Bonchev–Trinajstić information content (AvgIpc) is 2.85. The van der Waals surface area contributed by atoms with Gasteiger partial charge in [-0.3, -0.25) is 0 Å². The minimum Gasteiger partial charge on any atom is -0.477 e. The molecule has 2 atom stereocenters. The summed E-state index contributed by atoms with van der Waals surface area (Å²) in [6.07, 6.45) is 1.89. The van der Waals surface area contributed by atoms with Gasteiger partial charge >= 0.3 is 5.97 Å². The average molecular weight is 282 g/mol. The van der Waals surface area contributed by atoms with Gasteiger partial charge in [0.2, 0.25) is 0 Å². The lowest BCUT2D eigenvalue weighted by Crippen LogP contribution is -2.57. The molecule has 0 aliphatic carbocycles. The van der Waals surface area contributed by atoms with Crippen LogP contribution in [-0.2, 0) is 4.74 Å². The van der Waals surface area contributed by atoms with Gasteiger partial charge in [-0.25, -0.2) is 9.78 Å². The summed E-state index contributed by atoms with van der Waals surface area (Å²) in [4.78, 5) is 18.8. The highest BCUT2D eigenvalue weighted by atomic mass is 32.1. The molecule has 18 heavy (non-hydrogen) atoms. The van der Waals surface area contributed by atoms with Crippen molar-refractivity contribution in [2.24, 2.45) is 0 Å². The molecule has 2 bridgehead atoms. The molecule has 5 nitrogen and oxygen atoms in total. The van der Waals surface area contributed by atoms with Crippen LogP contribution in [-0.4, -0.2) is 41.4 Å². The molecule has 5 rings (SSSR count). The van der Waals surface area contributed by atoms with Crippen molar-refractivity contribution < 1.29 is 14.6 Å². The van der Waals surface area contributed by atoms with Crippen LogP contribution < -0.4 is 4.90 Å². The fourth-order valence-electron chi connectivity index (χ4n) is 2.48. The standard InChI is InChI=1S/C11H10N2O3S2/c14-10(15)8-2-7-9(17-8)12-11(18-7)13-3-5-1-6(4-13)16-5/h2,5-6H,1,3-4H2,(H,14,15). The number of aromatic carboxylic acids is 1. The summed E-state index contributed by atoms with van der Waals surface area (Å²) >= 11 is 2.82. The maximum atomic E-state index is 10.9. The van der Waals surface area contributed by atoms with Crippen molar-refractivity contribution in [3.8, 4) is 0 Å². The van der Waals surface area contributed by atoms with Crippen molar-refractivity contribution in [2.45, 2.75) is 18.6 Å². The number of thiophene rings is 1. The molecule has 94 valence electrons. The van der Waals surface area contributed by atoms with E-state index in [9.17, 15) is 4.79 Å². The van der Waals surface area contributed by atoms with Gasteiger partial charge in [0.05, 0.1) is 16.9 Å². The maximum absolute atomic E-state index is 10.9. The molecule has 0 saturated carbocycles. The van der Waals surface area contributed by atoms with Gasteiger partial charge in [0.25, 0.3) is 0 Å². The van der Waals surface area contributed by atoms with E-state index in [0.29, 0.717) is 17.1 Å². The Bertz CT molecular complexity index is 588. The van der Waals surface area contributed by atoms with Crippen LogP contribution in [0.3, 0.4) is 0 Å². The van der Waals surface area contributed by atoms with Gasteiger partial charge in [0.1, 0.15) is 9.71 Å². The summed E-state index contributed by atoms with van der Waals surface area (Å²) in [6, 6.07) is 1.71. The Morgan fingerprint density at radius 2 is 2.17 bits per heavy atom. The SMILES string of the molecule is O=C(O)c1cc2sc(N3CC4CC(C3)O4)nc2s1. The van der Waals surface area contributed by atoms with Crippen molar-refractivity contribution in [1.82, 2.24) is 4.98 Å². The minimum absolute atomic E-state index is 0.361. The molecule has 2 aromatic rings. The van der Waals surface area contributed by atoms with Crippen LogP contribution in [0.25, 0.3) is 9.53 Å². The van der Waals surface area contributed by atoms with Crippen LogP contribution in [0.2, 0.25) is 0 Å². The van der Waals surface area contributed by atoms with E-state index >= 15 is 0 Å². The van der Waals surface area contributed by atoms with Gasteiger partial charge < -0.3 is 14.7 Å². The number of aromatic nitrogens is 1. The van der Waals surface area contributed by atoms with E-state index in [1.54, 1.807) is 17.4 Å². The molecular weight excluding hydrogens is 272 g/mol. The summed E-state index contributed by atoms with van der Waals surface area (Å²) < 4.78 is 6.56. The fourth-order valence-corrected chi connectivity index (χ4v) is 4.54. The van der Waals surface area contributed by atoms with Gasteiger partial charge in [0.15, 0.2) is 5.13 Å². The van der Waals surface area contributed by atoms with E-state index in [-0.39, 0.29) is 0 Å². The molecule has 3 aliphatic rings. The van der Waals surface area contributed by atoms with Crippen molar-refractivity contribution in [1.29, 1.82) is 0 Å². The first-order valence-electron chi connectivity index (χ1n) is 5.73. The molecular formula is C11H10N2O3S2. The Balaban J connectivity index is 1.65. The molecule has 2 aromatic heterocycles. The van der Waals surface area contributed by atoms with Gasteiger partial charge in [-0.05, 0) is 6.07 Å². The molecule has 0 aromatic carbocycles. The second-order valence-corrected chi connectivity index (χ2v) is 6.64. The Hall–Kier alpha value is -1.18. The quantitative estimate of drug-likeness (QED) is 0.913. The number of hydrogen-bond acceptors (Lipinski definition) is 6. The van der Waals surface area contributed by atoms with E-state index in [1.165, 1.54) is 17.8 Å². The number of ether oxygens (including phenoxy) is 1. The molecule has 0 radical (unpaired) electrons. The second-order valence-electron chi connectivity index (χ2n) is 4.60. The van der Waals surface area contributed by atoms with Crippen LogP contribution in [0, 0.1) is 0 Å². The molecule has 5 heterocycles. The molecule has 3 saturated heterocycles. The highest BCUT2D eigenvalue weighted by molar-refractivity contribution is 7.29. The Morgan fingerprint density at radius 1 is 1.44 bits per heavy atom. The van der Waals surface area contributed by atoms with Crippen molar-refractivity contribution in [3.05, 3.63) is 10.9 Å². The number of piperidine rings is 1. The van der Waals surface area contributed by atoms with E-state index in [4.69, 9.17) is 9.84 Å². The molecule has 2 unspecified atom stereocenters. The number of rotatable bonds is 2. The molecule has 0 spiro atoms. The molecule has 3 aliphatic heterocycles. The first-order chi connectivity index (χ1) is 8.69. The third-order valence-electron chi connectivity index (χ3n) is 3.32. The lowest BCUT2D eigenvalue weighted by Gasteiger charge is -2.46. The largest absolute Gasteiger partial charge is 0.477 e. The lowest BCUT2D eigenvalue weighted by atomic mass is 9.99. The summed E-state index contributed by atoms with van der Waals surface area (Å²) in [5.74, 6) is -0.876. The monoisotopic (exact) mass is 282 g/mol. The van der Waals surface area contributed by atoms with Crippen LogP contribution in [0.1, 0.15) is 16.1 Å². The van der Waals surface area contributed by atoms with Crippen LogP contribution in [0.4, 0.5) is 5.13 Å². The highest BCUT2D eigenvalue weighted by Crippen LogP contribution is 2.38. The number of fused-ring (bicyclic) bond motifs is 3. The number of carboxylic acids is 1.